The molecule has 0 atom stereocenters. The van der Waals surface area contributed by atoms with Gasteiger partial charge >= 0.3 is 0 Å². The molecule has 0 radical (unpaired) electrons. The lowest BCUT2D eigenvalue weighted by atomic mass is 10.0. The highest BCUT2D eigenvalue weighted by Gasteiger charge is 2.29. The molecule has 4 aromatic rings. The Morgan fingerprint density at radius 2 is 2.06 bits per heavy atom. The van der Waals surface area contributed by atoms with E-state index >= 15 is 0 Å². The number of H-pyrrole nitrogens is 1. The largest absolute Gasteiger partial charge is 0.492 e. The summed E-state index contributed by atoms with van der Waals surface area (Å²) in [5.41, 5.74) is 2.99. The van der Waals surface area contributed by atoms with Crippen LogP contribution in [0.1, 0.15) is 28.3 Å². The van der Waals surface area contributed by atoms with Crippen molar-refractivity contribution in [2.45, 2.75) is 12.8 Å². The number of alkyl halides is 2. The van der Waals surface area contributed by atoms with Crippen molar-refractivity contribution in [1.82, 2.24) is 25.3 Å². The van der Waals surface area contributed by atoms with Crippen molar-refractivity contribution in [3.05, 3.63) is 59.6 Å². The van der Waals surface area contributed by atoms with Crippen LogP contribution in [0.3, 0.4) is 0 Å². The summed E-state index contributed by atoms with van der Waals surface area (Å²) in [6.45, 7) is 0.434. The third kappa shape index (κ3) is 3.51. The summed E-state index contributed by atoms with van der Waals surface area (Å²) < 4.78 is 46.1. The van der Waals surface area contributed by atoms with E-state index in [0.717, 1.165) is 0 Å². The van der Waals surface area contributed by atoms with Crippen LogP contribution in [0.25, 0.3) is 22.3 Å². The number of pyridine rings is 1. The van der Waals surface area contributed by atoms with Gasteiger partial charge in [0.15, 0.2) is 17.4 Å². The van der Waals surface area contributed by atoms with E-state index in [1.165, 1.54) is 31.6 Å². The predicted octanol–water partition coefficient (Wildman–Crippen LogP) is 4.13. The van der Waals surface area contributed by atoms with Crippen LogP contribution in [-0.2, 0) is 6.42 Å². The normalized spacial score (nSPS) is 13.2. The highest BCUT2D eigenvalue weighted by atomic mass is 19.3. The summed E-state index contributed by atoms with van der Waals surface area (Å²) in [6, 6.07) is 5.97. The standard InChI is InChI=1S/C22H17F3N6O2/c1-33-19-11(23)3-2-4-13(19)30-18-15-12(6-8-27-22(15)32)29-17(18)10-5-7-26-14-9-28-21(20(24)25)31-16(10)14/h2-5,7,9,20,29-30H,6,8H2,1H3,(H,27,32). The molecule has 8 nitrogen and oxygen atoms in total. The summed E-state index contributed by atoms with van der Waals surface area (Å²) in [5, 5.41) is 5.89. The van der Waals surface area contributed by atoms with Crippen molar-refractivity contribution in [3.63, 3.8) is 0 Å². The third-order valence-corrected chi connectivity index (χ3v) is 5.36. The van der Waals surface area contributed by atoms with Gasteiger partial charge in [-0.3, -0.25) is 9.78 Å². The second kappa shape index (κ2) is 8.08. The average Bonchev–Trinajstić information content (AvgIpc) is 3.17. The second-order valence-corrected chi connectivity index (χ2v) is 7.30. The molecule has 0 fully saturated rings. The number of halogens is 3. The zero-order chi connectivity index (χ0) is 23.1. The van der Waals surface area contributed by atoms with Crippen LogP contribution in [-0.4, -0.2) is 39.5 Å². The highest BCUT2D eigenvalue weighted by molar-refractivity contribution is 6.08. The quantitative estimate of drug-likeness (QED) is 0.419. The van der Waals surface area contributed by atoms with Gasteiger partial charge in [-0.05, 0) is 18.2 Å². The molecule has 3 aromatic heterocycles. The first-order chi connectivity index (χ1) is 16.0. The van der Waals surface area contributed by atoms with Crippen molar-refractivity contribution in [1.29, 1.82) is 0 Å². The lowest BCUT2D eigenvalue weighted by Gasteiger charge is -2.17. The van der Waals surface area contributed by atoms with Crippen LogP contribution in [0.2, 0.25) is 0 Å². The summed E-state index contributed by atoms with van der Waals surface area (Å²) in [5.74, 6) is -1.57. The number of fused-ring (bicyclic) bond motifs is 2. The molecule has 1 amide bonds. The molecule has 1 aliphatic heterocycles. The first kappa shape index (κ1) is 20.7. The van der Waals surface area contributed by atoms with E-state index in [1.54, 1.807) is 12.1 Å². The molecule has 0 unspecified atom stereocenters. The average molecular weight is 454 g/mol. The number of aromatic amines is 1. The van der Waals surface area contributed by atoms with Crippen LogP contribution in [0.15, 0.2) is 36.7 Å². The van der Waals surface area contributed by atoms with E-state index < -0.39 is 18.1 Å². The van der Waals surface area contributed by atoms with Gasteiger partial charge in [0.2, 0.25) is 0 Å². The Bertz CT molecular complexity index is 1390. The van der Waals surface area contributed by atoms with Gasteiger partial charge in [0.25, 0.3) is 12.3 Å². The maximum atomic E-state index is 14.3. The van der Waals surface area contributed by atoms with Gasteiger partial charge in [-0.15, -0.1) is 0 Å². The Labute approximate surface area is 185 Å². The summed E-state index contributed by atoms with van der Waals surface area (Å²) >= 11 is 0. The number of benzene rings is 1. The van der Waals surface area contributed by atoms with Gasteiger partial charge in [0.05, 0.1) is 35.9 Å². The number of para-hydroxylation sites is 1. The van der Waals surface area contributed by atoms with Gasteiger partial charge in [0, 0.05) is 30.4 Å². The number of carbonyl (C=O) groups excluding carboxylic acids is 1. The number of hydrogen-bond donors (Lipinski definition) is 3. The summed E-state index contributed by atoms with van der Waals surface area (Å²) in [6.07, 6.45) is 0.386. The monoisotopic (exact) mass is 454 g/mol. The molecule has 11 heteroatoms. The van der Waals surface area contributed by atoms with Gasteiger partial charge < -0.3 is 20.4 Å². The van der Waals surface area contributed by atoms with Crippen LogP contribution in [0.5, 0.6) is 5.75 Å². The molecule has 0 aliphatic carbocycles. The summed E-state index contributed by atoms with van der Waals surface area (Å²) in [4.78, 5) is 27.8. The molecule has 4 heterocycles. The van der Waals surface area contributed by atoms with Crippen LogP contribution >= 0.6 is 0 Å². The molecule has 0 saturated carbocycles. The number of carbonyl (C=O) groups is 1. The van der Waals surface area contributed by atoms with E-state index in [0.29, 0.717) is 52.4 Å². The number of amides is 1. The number of nitrogens with one attached hydrogen (secondary N) is 3. The van der Waals surface area contributed by atoms with Crippen LogP contribution in [0, 0.1) is 5.82 Å². The van der Waals surface area contributed by atoms with Crippen molar-refractivity contribution >= 4 is 28.3 Å². The van der Waals surface area contributed by atoms with E-state index in [1.807, 2.05) is 0 Å². The molecule has 5 rings (SSSR count). The molecule has 168 valence electrons. The van der Waals surface area contributed by atoms with E-state index in [-0.39, 0.29) is 17.2 Å². The molecular weight excluding hydrogens is 437 g/mol. The topological polar surface area (TPSA) is 105 Å². The minimum Gasteiger partial charge on any atom is -0.492 e. The molecule has 1 aliphatic rings. The molecule has 0 bridgehead atoms. The SMILES string of the molecule is COc1c(F)cccc1Nc1c(-c2ccnc3cnc(C(F)F)nc23)[nH]c2c1C(=O)NCC2. The van der Waals surface area contributed by atoms with E-state index in [2.05, 4.69) is 30.6 Å². The number of hydrogen-bond acceptors (Lipinski definition) is 6. The first-order valence-corrected chi connectivity index (χ1v) is 10.0. The number of rotatable bonds is 5. The maximum absolute atomic E-state index is 14.3. The number of aromatic nitrogens is 4. The minimum absolute atomic E-state index is 0.0310. The van der Waals surface area contributed by atoms with Gasteiger partial charge in [-0.1, -0.05) is 6.07 Å². The fourth-order valence-corrected chi connectivity index (χ4v) is 3.92. The number of anilines is 2. The molecule has 33 heavy (non-hydrogen) atoms. The predicted molar refractivity (Wildman–Crippen MR) is 114 cm³/mol. The van der Waals surface area contributed by atoms with E-state index in [4.69, 9.17) is 4.74 Å². The fraction of sp³-hybridized carbons (Fsp3) is 0.182. The number of nitrogens with zero attached hydrogens (tertiary/aromatic N) is 3. The fourth-order valence-electron chi connectivity index (χ4n) is 3.92. The third-order valence-electron chi connectivity index (χ3n) is 5.36. The molecule has 3 N–H and O–H groups in total. The number of methoxy groups -OCH3 is 1. The lowest BCUT2D eigenvalue weighted by Crippen LogP contribution is -2.31. The molecular formula is C22H17F3N6O2. The Kier molecular flexibility index (Phi) is 5.08. The van der Waals surface area contributed by atoms with Crippen molar-refractivity contribution < 1.29 is 22.7 Å². The van der Waals surface area contributed by atoms with Crippen LogP contribution in [0.4, 0.5) is 24.5 Å². The Morgan fingerprint density at radius 1 is 1.21 bits per heavy atom. The summed E-state index contributed by atoms with van der Waals surface area (Å²) in [7, 11) is 1.34. The molecule has 0 saturated heterocycles. The van der Waals surface area contributed by atoms with E-state index in [9.17, 15) is 18.0 Å². The number of ether oxygens (including phenoxy) is 1. The zero-order valence-corrected chi connectivity index (χ0v) is 17.2. The minimum atomic E-state index is -2.86. The van der Waals surface area contributed by atoms with Crippen molar-refractivity contribution in [3.8, 4) is 17.0 Å². The molecule has 0 spiro atoms. The second-order valence-electron chi connectivity index (χ2n) is 7.30. The Morgan fingerprint density at radius 3 is 2.85 bits per heavy atom. The van der Waals surface area contributed by atoms with Crippen molar-refractivity contribution in [2.75, 3.05) is 19.0 Å². The van der Waals surface area contributed by atoms with Gasteiger partial charge in [-0.25, -0.2) is 23.1 Å². The zero-order valence-electron chi connectivity index (χ0n) is 17.2. The van der Waals surface area contributed by atoms with Gasteiger partial charge in [-0.2, -0.15) is 0 Å². The smallest absolute Gasteiger partial charge is 0.297 e. The lowest BCUT2D eigenvalue weighted by molar-refractivity contribution is 0.0946. The highest BCUT2D eigenvalue weighted by Crippen LogP contribution is 2.41. The van der Waals surface area contributed by atoms with Crippen molar-refractivity contribution in [2.24, 2.45) is 0 Å². The van der Waals surface area contributed by atoms with Crippen LogP contribution < -0.4 is 15.4 Å². The van der Waals surface area contributed by atoms with Gasteiger partial charge in [0.1, 0.15) is 11.0 Å². The Balaban J connectivity index is 1.75. The Hall–Kier alpha value is -4.15. The molecule has 1 aromatic carbocycles. The maximum Gasteiger partial charge on any atom is 0.297 e. The first-order valence-electron chi connectivity index (χ1n) is 10.0.